The highest BCUT2D eigenvalue weighted by Gasteiger charge is 2.27. The number of hydrogen-bond acceptors (Lipinski definition) is 6. The van der Waals surface area contributed by atoms with Crippen LogP contribution in [-0.4, -0.2) is 15.8 Å². The molecule has 0 spiro atoms. The molecule has 0 bridgehead atoms. The molecule has 7 heteroatoms. The number of hydrogen-bond donors (Lipinski definition) is 1. The van der Waals surface area contributed by atoms with E-state index in [0.29, 0.717) is 10.9 Å². The largest absolute Gasteiger partial charge is 0.507 e. The van der Waals surface area contributed by atoms with Gasteiger partial charge in [0.2, 0.25) is 0 Å². The third-order valence-corrected chi connectivity index (χ3v) is 4.50. The van der Waals surface area contributed by atoms with Crippen LogP contribution in [-0.2, 0) is 4.79 Å². The van der Waals surface area contributed by atoms with Crippen LogP contribution in [0.4, 0.5) is 5.69 Å². The maximum absolute atomic E-state index is 12.6. The molecule has 0 amide bonds. The topological polar surface area (TPSA) is 111 Å². The Morgan fingerprint density at radius 3 is 2.48 bits per heavy atom. The van der Waals surface area contributed by atoms with Crippen LogP contribution in [0.5, 0.6) is 5.75 Å². The van der Waals surface area contributed by atoms with Gasteiger partial charge in [-0.2, -0.15) is 0 Å². The van der Waals surface area contributed by atoms with E-state index in [1.807, 2.05) is 0 Å². The summed E-state index contributed by atoms with van der Waals surface area (Å²) in [7, 11) is 0. The van der Waals surface area contributed by atoms with Gasteiger partial charge in [0.15, 0.2) is 0 Å². The fourth-order valence-corrected chi connectivity index (χ4v) is 3.04. The van der Waals surface area contributed by atoms with Gasteiger partial charge in [-0.3, -0.25) is 14.9 Å². The third-order valence-electron chi connectivity index (χ3n) is 4.50. The van der Waals surface area contributed by atoms with Gasteiger partial charge in [0, 0.05) is 30.9 Å². The molecule has 0 aliphatic carbocycles. The van der Waals surface area contributed by atoms with E-state index in [0.717, 1.165) is 0 Å². The number of carbonyl (C=O) groups is 1. The summed E-state index contributed by atoms with van der Waals surface area (Å²) >= 11 is 0. The van der Waals surface area contributed by atoms with E-state index in [-0.39, 0.29) is 41.2 Å². The van der Waals surface area contributed by atoms with Crippen LogP contribution in [0.3, 0.4) is 0 Å². The minimum absolute atomic E-state index is 0.0228. The molecule has 1 N–H and O–H groups in total. The number of nitro benzene ring substituents is 1. The standard InChI is InChI=1S/C20H17NO6/c1-2-14(22)11-16(12-7-9-13(10-8-12)21(25)26)18-19(23)15-5-3-4-6-17(15)27-20(18)24/h3-10,16,23H,2,11H2,1H3/t16-/m1/s1. The van der Waals surface area contributed by atoms with Crippen LogP contribution in [0.15, 0.2) is 57.7 Å². The molecule has 0 saturated heterocycles. The average molecular weight is 367 g/mol. The second-order valence-electron chi connectivity index (χ2n) is 6.15. The van der Waals surface area contributed by atoms with Crippen LogP contribution in [0.1, 0.15) is 36.8 Å². The predicted molar refractivity (Wildman–Crippen MR) is 99.0 cm³/mol. The maximum Gasteiger partial charge on any atom is 0.343 e. The van der Waals surface area contributed by atoms with Crippen molar-refractivity contribution in [3.8, 4) is 5.75 Å². The fraction of sp³-hybridized carbons (Fsp3) is 0.200. The number of benzene rings is 2. The smallest absolute Gasteiger partial charge is 0.343 e. The van der Waals surface area contributed by atoms with Crippen LogP contribution in [0.25, 0.3) is 11.0 Å². The molecule has 1 atom stereocenters. The van der Waals surface area contributed by atoms with E-state index < -0.39 is 16.5 Å². The number of ketones is 1. The molecule has 0 aliphatic heterocycles. The molecule has 138 valence electrons. The number of nitro groups is 1. The Morgan fingerprint density at radius 2 is 1.85 bits per heavy atom. The summed E-state index contributed by atoms with van der Waals surface area (Å²) in [5, 5.41) is 22.0. The second kappa shape index (κ2) is 7.41. The molecule has 0 radical (unpaired) electrons. The van der Waals surface area contributed by atoms with Crippen molar-refractivity contribution in [1.82, 2.24) is 0 Å². The molecule has 27 heavy (non-hydrogen) atoms. The van der Waals surface area contributed by atoms with Gasteiger partial charge in [-0.15, -0.1) is 0 Å². The Bertz CT molecular complexity index is 1070. The summed E-state index contributed by atoms with van der Waals surface area (Å²) in [6.45, 7) is 1.71. The number of nitrogens with zero attached hydrogens (tertiary/aromatic N) is 1. The molecule has 2 aromatic carbocycles. The van der Waals surface area contributed by atoms with Crippen LogP contribution >= 0.6 is 0 Å². The Kier molecular flexibility index (Phi) is 5.03. The summed E-state index contributed by atoms with van der Waals surface area (Å²) in [6, 6.07) is 12.1. The Balaban J connectivity index is 2.19. The van der Waals surface area contributed by atoms with E-state index in [9.17, 15) is 24.8 Å². The normalized spacial score (nSPS) is 12.0. The second-order valence-corrected chi connectivity index (χ2v) is 6.15. The molecule has 0 unspecified atom stereocenters. The van der Waals surface area contributed by atoms with Crippen molar-refractivity contribution in [2.75, 3.05) is 0 Å². The lowest BCUT2D eigenvalue weighted by molar-refractivity contribution is -0.384. The summed E-state index contributed by atoms with van der Waals surface area (Å²) in [4.78, 5) is 35.0. The van der Waals surface area contributed by atoms with Gasteiger partial charge in [-0.25, -0.2) is 4.79 Å². The molecule has 3 aromatic rings. The summed E-state index contributed by atoms with van der Waals surface area (Å²) in [6.07, 6.45) is 0.244. The number of aromatic hydroxyl groups is 1. The molecule has 0 saturated carbocycles. The molecule has 0 aliphatic rings. The van der Waals surface area contributed by atoms with Crippen molar-refractivity contribution >= 4 is 22.4 Å². The highest BCUT2D eigenvalue weighted by molar-refractivity contribution is 5.85. The highest BCUT2D eigenvalue weighted by Crippen LogP contribution is 2.36. The molecule has 3 rings (SSSR count). The van der Waals surface area contributed by atoms with Gasteiger partial charge in [-0.05, 0) is 17.7 Å². The SMILES string of the molecule is CCC(=O)C[C@H](c1ccc([N+](=O)[O-])cc1)c1c(O)c2ccccc2oc1=O. The predicted octanol–water partition coefficient (Wildman–Crippen LogP) is 3.91. The molecular formula is C20H17NO6. The lowest BCUT2D eigenvalue weighted by Gasteiger charge is -2.17. The zero-order chi connectivity index (χ0) is 19.6. The molecule has 7 nitrogen and oxygen atoms in total. The zero-order valence-electron chi connectivity index (χ0n) is 14.5. The van der Waals surface area contributed by atoms with Crippen molar-refractivity contribution in [2.24, 2.45) is 0 Å². The van der Waals surface area contributed by atoms with Crippen molar-refractivity contribution < 1.29 is 19.2 Å². The first-order chi connectivity index (χ1) is 12.9. The maximum atomic E-state index is 12.6. The van der Waals surface area contributed by atoms with Gasteiger partial charge < -0.3 is 9.52 Å². The van der Waals surface area contributed by atoms with Crippen molar-refractivity contribution in [3.63, 3.8) is 0 Å². The lowest BCUT2D eigenvalue weighted by Crippen LogP contribution is -2.17. The molecule has 1 aromatic heterocycles. The van der Waals surface area contributed by atoms with Crippen LogP contribution in [0.2, 0.25) is 0 Å². The number of fused-ring (bicyclic) bond motifs is 1. The van der Waals surface area contributed by atoms with Gasteiger partial charge in [0.25, 0.3) is 5.69 Å². The van der Waals surface area contributed by atoms with Crippen molar-refractivity contribution in [1.29, 1.82) is 0 Å². The van der Waals surface area contributed by atoms with Crippen molar-refractivity contribution in [3.05, 3.63) is 80.2 Å². The summed E-state index contributed by atoms with van der Waals surface area (Å²) in [5.74, 6) is -1.11. The quantitative estimate of drug-likeness (QED) is 0.402. The van der Waals surface area contributed by atoms with Gasteiger partial charge in [-0.1, -0.05) is 31.2 Å². The number of para-hydroxylation sites is 1. The number of rotatable bonds is 6. The van der Waals surface area contributed by atoms with Crippen LogP contribution < -0.4 is 5.63 Å². The Hall–Kier alpha value is -3.48. The van der Waals surface area contributed by atoms with Crippen LogP contribution in [0, 0.1) is 10.1 Å². The minimum atomic E-state index is -0.765. The first kappa shape index (κ1) is 18.3. The molecular weight excluding hydrogens is 350 g/mol. The van der Waals surface area contributed by atoms with Gasteiger partial charge in [0.05, 0.1) is 15.9 Å². The number of Topliss-reactive ketones (excluding diaryl/α,β-unsaturated/α-hetero) is 1. The lowest BCUT2D eigenvalue weighted by atomic mass is 9.86. The van der Waals surface area contributed by atoms with Crippen molar-refractivity contribution in [2.45, 2.75) is 25.7 Å². The van der Waals surface area contributed by atoms with E-state index >= 15 is 0 Å². The summed E-state index contributed by atoms with van der Waals surface area (Å²) in [5.41, 5.74) is -0.106. The van der Waals surface area contributed by atoms with E-state index in [1.54, 1.807) is 31.2 Å². The first-order valence-electron chi connectivity index (χ1n) is 8.43. The van der Waals surface area contributed by atoms with Gasteiger partial charge >= 0.3 is 5.63 Å². The Labute approximate surface area is 154 Å². The summed E-state index contributed by atoms with van der Waals surface area (Å²) < 4.78 is 5.32. The van der Waals surface area contributed by atoms with E-state index in [1.165, 1.54) is 24.3 Å². The minimum Gasteiger partial charge on any atom is -0.507 e. The molecule has 0 fully saturated rings. The van der Waals surface area contributed by atoms with Gasteiger partial charge in [0.1, 0.15) is 17.1 Å². The van der Waals surface area contributed by atoms with E-state index in [2.05, 4.69) is 0 Å². The Morgan fingerprint density at radius 1 is 1.19 bits per heavy atom. The first-order valence-corrected chi connectivity index (χ1v) is 8.43. The number of non-ortho nitro benzene ring substituents is 1. The fourth-order valence-electron chi connectivity index (χ4n) is 3.04. The number of carbonyl (C=O) groups excluding carboxylic acids is 1. The monoisotopic (exact) mass is 367 g/mol. The molecule has 1 heterocycles. The zero-order valence-corrected chi connectivity index (χ0v) is 14.5. The third kappa shape index (κ3) is 3.57. The highest BCUT2D eigenvalue weighted by atomic mass is 16.6. The van der Waals surface area contributed by atoms with E-state index in [4.69, 9.17) is 4.42 Å². The average Bonchev–Trinajstić information content (AvgIpc) is 2.67.